The smallest absolute Gasteiger partial charge is 0.231 e. The van der Waals surface area contributed by atoms with Gasteiger partial charge in [-0.1, -0.05) is 7.92 Å². The summed E-state index contributed by atoms with van der Waals surface area (Å²) in [5.41, 5.74) is 12.4. The number of benzene rings is 2. The van der Waals surface area contributed by atoms with Gasteiger partial charge in [0.25, 0.3) is 0 Å². The van der Waals surface area contributed by atoms with Crippen LogP contribution in [0.3, 0.4) is 0 Å². The number of nitrogens with two attached hydrogens (primary N) is 1. The average Bonchev–Trinajstić information content (AvgIpc) is 3.53. The van der Waals surface area contributed by atoms with E-state index in [0.717, 1.165) is 72.1 Å². The van der Waals surface area contributed by atoms with Gasteiger partial charge in [0.2, 0.25) is 5.95 Å². The summed E-state index contributed by atoms with van der Waals surface area (Å²) in [6.07, 6.45) is 5.25. The fraction of sp³-hybridized carbons (Fsp3) is 0.364. The molecule has 0 atom stereocenters. The van der Waals surface area contributed by atoms with Gasteiger partial charge in [-0.3, -0.25) is 4.99 Å². The van der Waals surface area contributed by atoms with Crippen LogP contribution in [0.5, 0.6) is 11.5 Å². The van der Waals surface area contributed by atoms with Crippen LogP contribution in [0, 0.1) is 0 Å². The van der Waals surface area contributed by atoms with E-state index < -0.39 is 7.92 Å². The first-order valence-corrected chi connectivity index (χ1v) is 17.6. The van der Waals surface area contributed by atoms with Crippen LogP contribution in [0.15, 0.2) is 47.7 Å². The molecule has 4 aromatic rings. The van der Waals surface area contributed by atoms with Crippen molar-refractivity contribution in [3.8, 4) is 11.5 Å². The van der Waals surface area contributed by atoms with Crippen LogP contribution in [0.25, 0.3) is 16.6 Å². The number of methoxy groups -OCH3 is 1. The number of likely N-dealkylation sites (N-methyl/N-ethyl adjacent to an activating group) is 2. The van der Waals surface area contributed by atoms with Gasteiger partial charge >= 0.3 is 0 Å². The number of rotatable bonds is 9. The molecule has 12 nitrogen and oxygen atoms in total. The Morgan fingerprint density at radius 2 is 1.85 bits per heavy atom. The van der Waals surface area contributed by atoms with E-state index >= 15 is 0 Å². The number of hydrogen-bond acceptors (Lipinski definition) is 11. The number of aromatic amines is 1. The monoisotopic (exact) mass is 642 g/mol. The molecule has 0 spiro atoms. The fourth-order valence-electron chi connectivity index (χ4n) is 6.01. The second-order valence-electron chi connectivity index (χ2n) is 11.7. The van der Waals surface area contributed by atoms with Crippen LogP contribution in [0.2, 0.25) is 0 Å². The zero-order valence-electron chi connectivity index (χ0n) is 27.4. The molecule has 46 heavy (non-hydrogen) atoms. The number of nitrogens with one attached hydrogen (secondary N) is 3. The van der Waals surface area contributed by atoms with Crippen molar-refractivity contribution in [1.29, 1.82) is 0 Å². The molecular weight excluding hydrogens is 599 g/mol. The minimum Gasteiger partial charge on any atom is -0.494 e. The summed E-state index contributed by atoms with van der Waals surface area (Å²) >= 11 is 0. The molecule has 0 saturated carbocycles. The number of nitrogens with zero attached hydrogens (tertiary/aromatic N) is 6. The molecule has 0 unspecified atom stereocenters. The molecule has 0 bridgehead atoms. The zero-order chi connectivity index (χ0) is 32.4. The van der Waals surface area contributed by atoms with Crippen LogP contribution >= 0.6 is 7.92 Å². The highest BCUT2D eigenvalue weighted by atomic mass is 31.1. The van der Waals surface area contributed by atoms with Crippen molar-refractivity contribution in [3.05, 3.63) is 48.3 Å². The zero-order valence-corrected chi connectivity index (χ0v) is 28.3. The molecule has 0 aliphatic carbocycles. The van der Waals surface area contributed by atoms with Gasteiger partial charge in [-0.2, -0.15) is 9.97 Å². The molecule has 5 N–H and O–H groups in total. The highest BCUT2D eigenvalue weighted by Gasteiger charge is 2.25. The maximum absolute atomic E-state index is 6.22. The molecule has 242 valence electrons. The Labute approximate surface area is 271 Å². The van der Waals surface area contributed by atoms with Crippen LogP contribution in [0.1, 0.15) is 5.56 Å². The molecule has 2 aliphatic heterocycles. The number of fused-ring (bicyclic) bond motifs is 2. The average molecular weight is 643 g/mol. The number of aliphatic imine (C=N–C) groups is 1. The van der Waals surface area contributed by atoms with Gasteiger partial charge in [0.15, 0.2) is 5.75 Å². The van der Waals surface area contributed by atoms with E-state index in [1.807, 2.05) is 18.3 Å². The van der Waals surface area contributed by atoms with E-state index in [4.69, 9.17) is 25.2 Å². The summed E-state index contributed by atoms with van der Waals surface area (Å²) in [5, 5.41) is 9.15. The van der Waals surface area contributed by atoms with E-state index in [9.17, 15) is 0 Å². The van der Waals surface area contributed by atoms with Crippen LogP contribution in [-0.4, -0.2) is 107 Å². The molecule has 1 saturated heterocycles. The van der Waals surface area contributed by atoms with Gasteiger partial charge in [0.1, 0.15) is 23.8 Å². The van der Waals surface area contributed by atoms with Crippen molar-refractivity contribution in [2.75, 3.05) is 101 Å². The van der Waals surface area contributed by atoms with E-state index in [1.165, 1.54) is 5.30 Å². The Hall–Kier alpha value is -4.54. The second-order valence-corrected chi connectivity index (χ2v) is 14.0. The Morgan fingerprint density at radius 1 is 1.04 bits per heavy atom. The number of anilines is 6. The molecule has 2 aromatic heterocycles. The number of H-pyrrole nitrogens is 1. The largest absolute Gasteiger partial charge is 0.494 e. The lowest BCUT2D eigenvalue weighted by Crippen LogP contribution is -2.44. The highest BCUT2D eigenvalue weighted by Crippen LogP contribution is 2.42. The molecule has 13 heteroatoms. The molecule has 2 aromatic carbocycles. The van der Waals surface area contributed by atoms with Crippen molar-refractivity contribution < 1.29 is 9.47 Å². The molecule has 1 fully saturated rings. The lowest BCUT2D eigenvalue weighted by molar-refractivity contribution is 0.312. The standard InChI is InChI=1S/C33H43N10O2P/c1-35-20-21(19-34)23-17-25(28(44-4)18-27(23)43-13-11-41(2)12-14-43)38-33-39-31-22(9-10-36-31)32(40-33)37-24-7-8-26-29(30(24)46(5)6)45-16-15-42(26)3/h7-10,17-20H,11-16,34H2,1-6H3,(H3,36,37,38,39,40). The van der Waals surface area contributed by atoms with Crippen molar-refractivity contribution in [2.24, 2.45) is 10.7 Å². The molecular formula is C33H43N10O2P. The summed E-state index contributed by atoms with van der Waals surface area (Å²) in [6.45, 7) is 9.75. The van der Waals surface area contributed by atoms with E-state index in [2.05, 4.69) is 80.9 Å². The van der Waals surface area contributed by atoms with Crippen molar-refractivity contribution in [1.82, 2.24) is 19.9 Å². The molecule has 0 radical (unpaired) electrons. The van der Waals surface area contributed by atoms with Crippen molar-refractivity contribution >= 4 is 70.6 Å². The number of hydrogen-bond donors (Lipinski definition) is 4. The van der Waals surface area contributed by atoms with Crippen LogP contribution in [-0.2, 0) is 0 Å². The summed E-state index contributed by atoms with van der Waals surface area (Å²) in [4.78, 5) is 24.3. The molecule has 4 heterocycles. The quantitative estimate of drug-likeness (QED) is 0.154. The summed E-state index contributed by atoms with van der Waals surface area (Å²) < 4.78 is 12.1. The van der Waals surface area contributed by atoms with Gasteiger partial charge in [0, 0.05) is 87.1 Å². The van der Waals surface area contributed by atoms with Crippen LogP contribution in [0.4, 0.5) is 34.5 Å². The third kappa shape index (κ3) is 6.15. The summed E-state index contributed by atoms with van der Waals surface area (Å²) in [7, 11) is 7.18. The topological polar surface area (TPSA) is 132 Å². The number of ether oxygens (including phenoxy) is 2. The Balaban J connectivity index is 1.41. The molecule has 2 aliphatic rings. The number of aromatic nitrogens is 3. The van der Waals surface area contributed by atoms with E-state index in [1.54, 1.807) is 26.6 Å². The van der Waals surface area contributed by atoms with E-state index in [0.29, 0.717) is 35.5 Å². The number of allylic oxidation sites excluding steroid dienone is 1. The number of piperazine rings is 1. The summed E-state index contributed by atoms with van der Waals surface area (Å²) in [6, 6.07) is 10.3. The normalized spacial score (nSPS) is 15.8. The van der Waals surface area contributed by atoms with E-state index in [-0.39, 0.29) is 0 Å². The first kappa shape index (κ1) is 31.4. The maximum atomic E-state index is 6.22. The summed E-state index contributed by atoms with van der Waals surface area (Å²) in [5.74, 6) is 2.73. The Kier molecular flexibility index (Phi) is 9.19. The van der Waals surface area contributed by atoms with Gasteiger partial charge in [0.05, 0.1) is 36.1 Å². The second kappa shape index (κ2) is 13.4. The predicted molar refractivity (Wildman–Crippen MR) is 193 cm³/mol. The molecule has 6 rings (SSSR count). The highest BCUT2D eigenvalue weighted by molar-refractivity contribution is 7.64. The minimum absolute atomic E-state index is 0.419. The maximum Gasteiger partial charge on any atom is 0.231 e. The van der Waals surface area contributed by atoms with Gasteiger partial charge in [-0.25, -0.2) is 0 Å². The first-order chi connectivity index (χ1) is 22.3. The third-order valence-electron chi connectivity index (χ3n) is 8.48. The lowest BCUT2D eigenvalue weighted by Gasteiger charge is -2.35. The third-order valence-corrected chi connectivity index (χ3v) is 9.82. The first-order valence-electron chi connectivity index (χ1n) is 15.4. The fourth-order valence-corrected chi connectivity index (χ4v) is 7.21. The predicted octanol–water partition coefficient (Wildman–Crippen LogP) is 4.40. The van der Waals surface area contributed by atoms with Gasteiger partial charge in [-0.05, 0) is 44.6 Å². The van der Waals surface area contributed by atoms with Crippen LogP contribution < -0.4 is 40.9 Å². The van der Waals surface area contributed by atoms with Gasteiger partial charge in [-0.15, -0.1) is 0 Å². The van der Waals surface area contributed by atoms with Crippen molar-refractivity contribution in [3.63, 3.8) is 0 Å². The lowest BCUT2D eigenvalue weighted by atomic mass is 10.0. The van der Waals surface area contributed by atoms with Gasteiger partial charge < -0.3 is 45.5 Å². The molecule has 0 amide bonds. The SMILES string of the molecule is CN=CC(=CN)c1cc(Nc2nc(Nc3ccc4c(c3P(C)C)OCCN4C)c3cc[nH]c3n2)c(OC)cc1N1CCN(C)CC1. The Morgan fingerprint density at radius 3 is 2.57 bits per heavy atom. The van der Waals surface area contributed by atoms with Crippen molar-refractivity contribution in [2.45, 2.75) is 0 Å². The minimum atomic E-state index is -0.489. The Bertz CT molecular complexity index is 1780.